The van der Waals surface area contributed by atoms with Crippen LogP contribution in [0.4, 0.5) is 11.4 Å². The zero-order chi connectivity index (χ0) is 21.1. The molecule has 1 aliphatic rings. The summed E-state index contributed by atoms with van der Waals surface area (Å²) in [5.74, 6) is -1.62. The van der Waals surface area contributed by atoms with E-state index in [4.69, 9.17) is 4.74 Å². The Hall–Kier alpha value is -3.15. The highest BCUT2D eigenvalue weighted by Gasteiger charge is 2.36. The van der Waals surface area contributed by atoms with Crippen molar-refractivity contribution in [2.45, 2.75) is 34.1 Å². The fraction of sp³-hybridized carbons (Fsp3) is 0.348. The predicted molar refractivity (Wildman–Crippen MR) is 112 cm³/mol. The van der Waals surface area contributed by atoms with Gasteiger partial charge in [-0.15, -0.1) is 0 Å². The van der Waals surface area contributed by atoms with Crippen LogP contribution in [0.3, 0.4) is 0 Å². The van der Waals surface area contributed by atoms with Gasteiger partial charge in [-0.2, -0.15) is 0 Å². The minimum Gasteiger partial charge on any atom is -0.455 e. The monoisotopic (exact) mass is 394 g/mol. The van der Waals surface area contributed by atoms with Crippen LogP contribution in [0.2, 0.25) is 0 Å². The lowest BCUT2D eigenvalue weighted by atomic mass is 10.1. The molecule has 6 nitrogen and oxygen atoms in total. The standard InChI is InChI=1S/C23H26N2O4/c1-14-7-15(2)9-20(8-14)25-12-18(11-22(25)27)23(28)29-13-21(26)24-19-6-5-16(3)17(4)10-19/h5-10,18H,11-13H2,1-4H3,(H,24,26)/t18-/m1/s1. The molecule has 1 heterocycles. The number of benzene rings is 2. The number of anilines is 2. The van der Waals surface area contributed by atoms with Gasteiger partial charge in [-0.25, -0.2) is 0 Å². The van der Waals surface area contributed by atoms with E-state index in [1.807, 2.05) is 58.0 Å². The normalized spacial score (nSPS) is 16.1. The molecule has 0 radical (unpaired) electrons. The zero-order valence-corrected chi connectivity index (χ0v) is 17.2. The van der Waals surface area contributed by atoms with E-state index in [0.29, 0.717) is 5.69 Å². The number of hydrogen-bond donors (Lipinski definition) is 1. The van der Waals surface area contributed by atoms with E-state index >= 15 is 0 Å². The van der Waals surface area contributed by atoms with Crippen molar-refractivity contribution in [1.82, 2.24) is 0 Å². The summed E-state index contributed by atoms with van der Waals surface area (Å²) in [5.41, 5.74) is 5.76. The summed E-state index contributed by atoms with van der Waals surface area (Å²) in [5, 5.41) is 2.72. The third-order valence-corrected chi connectivity index (χ3v) is 5.11. The average molecular weight is 394 g/mol. The molecule has 1 N–H and O–H groups in total. The molecule has 29 heavy (non-hydrogen) atoms. The molecule has 6 heteroatoms. The van der Waals surface area contributed by atoms with Gasteiger partial charge < -0.3 is 15.0 Å². The minimum absolute atomic E-state index is 0.0879. The lowest BCUT2D eigenvalue weighted by molar-refractivity contribution is -0.151. The lowest BCUT2D eigenvalue weighted by Gasteiger charge is -2.18. The molecule has 0 spiro atoms. The molecule has 0 unspecified atom stereocenters. The van der Waals surface area contributed by atoms with Crippen LogP contribution in [0.15, 0.2) is 36.4 Å². The number of nitrogens with zero attached hydrogens (tertiary/aromatic N) is 1. The molecular formula is C23H26N2O4. The maximum absolute atomic E-state index is 12.4. The van der Waals surface area contributed by atoms with Crippen molar-refractivity contribution >= 4 is 29.2 Å². The summed E-state index contributed by atoms with van der Waals surface area (Å²) >= 11 is 0. The quantitative estimate of drug-likeness (QED) is 0.788. The number of hydrogen-bond acceptors (Lipinski definition) is 4. The highest BCUT2D eigenvalue weighted by Crippen LogP contribution is 2.27. The zero-order valence-electron chi connectivity index (χ0n) is 17.2. The Morgan fingerprint density at radius 3 is 2.38 bits per heavy atom. The number of carbonyl (C=O) groups excluding carboxylic acids is 3. The van der Waals surface area contributed by atoms with Crippen LogP contribution in [-0.2, 0) is 19.1 Å². The maximum Gasteiger partial charge on any atom is 0.311 e. The third kappa shape index (κ3) is 5.02. The SMILES string of the molecule is Cc1cc(C)cc(N2C[C@H](C(=O)OCC(=O)Nc3ccc(C)c(C)c3)CC2=O)c1. The summed E-state index contributed by atoms with van der Waals surface area (Å²) in [7, 11) is 0. The fourth-order valence-electron chi connectivity index (χ4n) is 3.49. The van der Waals surface area contributed by atoms with Crippen molar-refractivity contribution in [3.63, 3.8) is 0 Å². The van der Waals surface area contributed by atoms with Gasteiger partial charge >= 0.3 is 5.97 Å². The Bertz CT molecular complexity index is 947. The number of esters is 1. The first-order valence-electron chi connectivity index (χ1n) is 9.65. The maximum atomic E-state index is 12.4. The minimum atomic E-state index is -0.572. The average Bonchev–Trinajstić information content (AvgIpc) is 3.04. The van der Waals surface area contributed by atoms with E-state index in [2.05, 4.69) is 5.32 Å². The molecule has 152 valence electrons. The molecular weight excluding hydrogens is 368 g/mol. The lowest BCUT2D eigenvalue weighted by Crippen LogP contribution is -2.28. The first kappa shape index (κ1) is 20.6. The number of amides is 2. The second-order valence-electron chi connectivity index (χ2n) is 7.71. The molecule has 0 aromatic heterocycles. The van der Waals surface area contributed by atoms with E-state index in [1.54, 1.807) is 11.0 Å². The molecule has 2 amide bonds. The van der Waals surface area contributed by atoms with Gasteiger partial charge in [-0.1, -0.05) is 12.1 Å². The van der Waals surface area contributed by atoms with Crippen molar-refractivity contribution in [3.8, 4) is 0 Å². The fourth-order valence-corrected chi connectivity index (χ4v) is 3.49. The largest absolute Gasteiger partial charge is 0.455 e. The number of nitrogens with one attached hydrogen (secondary N) is 1. The van der Waals surface area contributed by atoms with Crippen molar-refractivity contribution in [2.75, 3.05) is 23.4 Å². The summed E-state index contributed by atoms with van der Waals surface area (Å²) in [6.45, 7) is 7.78. The summed E-state index contributed by atoms with van der Waals surface area (Å²) in [6, 6.07) is 11.5. The van der Waals surface area contributed by atoms with Crippen molar-refractivity contribution in [1.29, 1.82) is 0 Å². The molecule has 2 aromatic carbocycles. The second-order valence-corrected chi connectivity index (χ2v) is 7.71. The predicted octanol–water partition coefficient (Wildman–Crippen LogP) is 3.46. The van der Waals surface area contributed by atoms with E-state index in [1.165, 1.54) is 0 Å². The molecule has 1 aliphatic heterocycles. The molecule has 0 bridgehead atoms. The number of ether oxygens (including phenoxy) is 1. The Labute approximate surface area is 170 Å². The highest BCUT2D eigenvalue weighted by molar-refractivity contribution is 6.00. The van der Waals surface area contributed by atoms with Crippen LogP contribution in [0.5, 0.6) is 0 Å². The topological polar surface area (TPSA) is 75.7 Å². The first-order chi connectivity index (χ1) is 13.7. The molecule has 0 saturated carbocycles. The van der Waals surface area contributed by atoms with Crippen LogP contribution >= 0.6 is 0 Å². The number of rotatable bonds is 5. The number of aryl methyl sites for hydroxylation is 4. The van der Waals surface area contributed by atoms with E-state index in [0.717, 1.165) is 27.9 Å². The van der Waals surface area contributed by atoms with Gasteiger partial charge in [0.2, 0.25) is 5.91 Å². The molecule has 1 fully saturated rings. The van der Waals surface area contributed by atoms with Crippen LogP contribution in [-0.4, -0.2) is 30.9 Å². The van der Waals surface area contributed by atoms with Gasteiger partial charge in [0.1, 0.15) is 0 Å². The van der Waals surface area contributed by atoms with Gasteiger partial charge in [0.15, 0.2) is 6.61 Å². The number of carbonyl (C=O) groups is 3. The van der Waals surface area contributed by atoms with Gasteiger partial charge in [-0.3, -0.25) is 14.4 Å². The van der Waals surface area contributed by atoms with E-state index in [9.17, 15) is 14.4 Å². The van der Waals surface area contributed by atoms with Crippen molar-refractivity contribution in [2.24, 2.45) is 5.92 Å². The summed E-state index contributed by atoms with van der Waals surface area (Å²) in [6.07, 6.45) is 0.0879. The molecule has 1 atom stereocenters. The van der Waals surface area contributed by atoms with E-state index < -0.39 is 17.8 Å². The van der Waals surface area contributed by atoms with Gasteiger partial charge in [-0.05, 0) is 74.2 Å². The van der Waals surface area contributed by atoms with Gasteiger partial charge in [0.05, 0.1) is 5.92 Å². The molecule has 0 aliphatic carbocycles. The third-order valence-electron chi connectivity index (χ3n) is 5.11. The Balaban J connectivity index is 1.55. The second kappa shape index (κ2) is 8.47. The van der Waals surface area contributed by atoms with Crippen LogP contribution in [0, 0.1) is 33.6 Å². The van der Waals surface area contributed by atoms with Crippen molar-refractivity contribution in [3.05, 3.63) is 58.7 Å². The van der Waals surface area contributed by atoms with Gasteiger partial charge in [0.25, 0.3) is 5.91 Å². The molecule has 2 aromatic rings. The Morgan fingerprint density at radius 1 is 1.03 bits per heavy atom. The van der Waals surface area contributed by atoms with Crippen LogP contribution < -0.4 is 10.2 Å². The van der Waals surface area contributed by atoms with Crippen LogP contribution in [0.25, 0.3) is 0 Å². The van der Waals surface area contributed by atoms with Crippen molar-refractivity contribution < 1.29 is 19.1 Å². The molecule has 1 saturated heterocycles. The van der Waals surface area contributed by atoms with Gasteiger partial charge in [0, 0.05) is 24.3 Å². The first-order valence-corrected chi connectivity index (χ1v) is 9.65. The summed E-state index contributed by atoms with van der Waals surface area (Å²) < 4.78 is 5.16. The van der Waals surface area contributed by atoms with Crippen LogP contribution in [0.1, 0.15) is 28.7 Å². The van der Waals surface area contributed by atoms with E-state index in [-0.39, 0.29) is 25.5 Å². The Morgan fingerprint density at radius 2 is 1.72 bits per heavy atom. The highest BCUT2D eigenvalue weighted by atomic mass is 16.5. The smallest absolute Gasteiger partial charge is 0.311 e. The summed E-state index contributed by atoms with van der Waals surface area (Å²) in [4.78, 5) is 38.5. The Kier molecular flexibility index (Phi) is 6.01. The molecule has 3 rings (SSSR count).